The quantitative estimate of drug-likeness (QED) is 0.398. The van der Waals surface area contributed by atoms with Gasteiger partial charge >= 0.3 is 5.97 Å². The first-order valence-corrected chi connectivity index (χ1v) is 10.4. The zero-order valence-corrected chi connectivity index (χ0v) is 17.7. The average Bonchev–Trinajstić information content (AvgIpc) is 3.47. The molecule has 4 aromatic rings. The van der Waals surface area contributed by atoms with Crippen molar-refractivity contribution in [1.29, 1.82) is 0 Å². The molecular formula is C24H22FN5O3. The van der Waals surface area contributed by atoms with E-state index in [0.717, 1.165) is 11.3 Å². The Hall–Kier alpha value is -4.27. The highest BCUT2D eigenvalue weighted by Crippen LogP contribution is 2.22. The van der Waals surface area contributed by atoms with Crippen LogP contribution >= 0.6 is 0 Å². The number of anilines is 1. The molecule has 0 atom stereocenters. The summed E-state index contributed by atoms with van der Waals surface area (Å²) in [6.07, 6.45) is 5.89. The summed E-state index contributed by atoms with van der Waals surface area (Å²) < 4.78 is 15.7. The maximum Gasteiger partial charge on any atom is 0.303 e. The minimum absolute atomic E-state index is 0.0473. The number of nitrogens with one attached hydrogen (secondary N) is 1. The number of hydrogen-bond donors (Lipinski definition) is 2. The van der Waals surface area contributed by atoms with E-state index in [-0.39, 0.29) is 12.3 Å². The van der Waals surface area contributed by atoms with Gasteiger partial charge in [-0.2, -0.15) is 5.10 Å². The number of carboxylic acid groups (broad SMARTS) is 1. The number of amides is 1. The molecule has 9 heteroatoms. The van der Waals surface area contributed by atoms with Gasteiger partial charge < -0.3 is 5.11 Å². The summed E-state index contributed by atoms with van der Waals surface area (Å²) in [5.41, 5.74) is 3.35. The average molecular weight is 447 g/mol. The van der Waals surface area contributed by atoms with E-state index in [1.54, 1.807) is 41.4 Å². The van der Waals surface area contributed by atoms with Gasteiger partial charge in [0.2, 0.25) is 5.95 Å². The molecule has 0 bridgehead atoms. The number of aryl methyl sites for hydroxylation is 1. The van der Waals surface area contributed by atoms with E-state index in [1.165, 1.54) is 4.68 Å². The Bertz CT molecular complexity index is 1270. The smallest absolute Gasteiger partial charge is 0.303 e. The van der Waals surface area contributed by atoms with Crippen molar-refractivity contribution in [3.05, 3.63) is 84.4 Å². The van der Waals surface area contributed by atoms with Crippen LogP contribution in [0.4, 0.5) is 10.3 Å². The number of carbonyl (C=O) groups excluding carboxylic acids is 1. The van der Waals surface area contributed by atoms with Crippen molar-refractivity contribution in [2.75, 3.05) is 5.32 Å². The van der Waals surface area contributed by atoms with Crippen LogP contribution in [0.25, 0.3) is 16.8 Å². The Morgan fingerprint density at radius 2 is 1.85 bits per heavy atom. The fraction of sp³-hybridized carbons (Fsp3) is 0.167. The molecule has 0 fully saturated rings. The molecule has 0 saturated carbocycles. The molecule has 33 heavy (non-hydrogen) atoms. The molecule has 2 aromatic heterocycles. The summed E-state index contributed by atoms with van der Waals surface area (Å²) in [4.78, 5) is 28.4. The Balaban J connectivity index is 1.58. The van der Waals surface area contributed by atoms with Crippen LogP contribution in [0.2, 0.25) is 0 Å². The van der Waals surface area contributed by atoms with Crippen molar-refractivity contribution in [3.8, 4) is 16.8 Å². The molecule has 2 heterocycles. The van der Waals surface area contributed by atoms with Gasteiger partial charge in [-0.15, -0.1) is 0 Å². The Kier molecular flexibility index (Phi) is 6.58. The number of carbonyl (C=O) groups is 2. The topological polar surface area (TPSA) is 102 Å². The first kappa shape index (κ1) is 21.9. The lowest BCUT2D eigenvalue weighted by Gasteiger charge is -2.09. The number of halogens is 1. The minimum Gasteiger partial charge on any atom is -0.481 e. The molecule has 2 aromatic carbocycles. The molecule has 168 valence electrons. The summed E-state index contributed by atoms with van der Waals surface area (Å²) in [5, 5.41) is 15.7. The molecule has 0 saturated heterocycles. The molecule has 4 rings (SSSR count). The maximum absolute atomic E-state index is 13.0. The summed E-state index contributed by atoms with van der Waals surface area (Å²) in [7, 11) is 0. The molecule has 8 nitrogen and oxygen atoms in total. The summed E-state index contributed by atoms with van der Waals surface area (Å²) in [6.45, 7) is -0.725. The van der Waals surface area contributed by atoms with E-state index >= 15 is 0 Å². The normalized spacial score (nSPS) is 10.8. The molecule has 0 aliphatic heterocycles. The highest BCUT2D eigenvalue weighted by Gasteiger charge is 2.15. The van der Waals surface area contributed by atoms with Crippen LogP contribution in [0.1, 0.15) is 28.9 Å². The fourth-order valence-electron chi connectivity index (χ4n) is 3.44. The van der Waals surface area contributed by atoms with Crippen LogP contribution in [0.5, 0.6) is 0 Å². The molecule has 0 aliphatic rings. The van der Waals surface area contributed by atoms with E-state index in [9.17, 15) is 14.0 Å². The molecule has 0 radical (unpaired) electrons. The molecule has 0 aliphatic carbocycles. The van der Waals surface area contributed by atoms with E-state index in [1.807, 2.05) is 36.4 Å². The lowest BCUT2D eigenvalue weighted by atomic mass is 10.1. The maximum atomic E-state index is 13.0. The van der Waals surface area contributed by atoms with Crippen molar-refractivity contribution in [2.24, 2.45) is 0 Å². The van der Waals surface area contributed by atoms with E-state index < -0.39 is 12.8 Å². The Morgan fingerprint density at radius 1 is 1.03 bits per heavy atom. The first-order chi connectivity index (χ1) is 16.0. The SMILES string of the molecule is O=C(O)CCCc1cn(-c2ccccc2)c(NC(=O)c2cccc(-c3cnn(CF)c3)c2)n1. The standard InChI is InChI=1S/C24H22FN5O3/c25-16-29-14-19(13-26-29)17-6-4-7-18(12-17)23(33)28-24-27-20(8-5-11-22(31)32)15-30(24)21-9-2-1-3-10-21/h1-4,6-7,9-10,12-15H,5,8,11,16H2,(H,31,32)(H,27,28,33). The van der Waals surface area contributed by atoms with Crippen molar-refractivity contribution < 1.29 is 19.1 Å². The summed E-state index contributed by atoms with van der Waals surface area (Å²) in [6, 6.07) is 16.4. The van der Waals surface area contributed by atoms with Crippen molar-refractivity contribution >= 4 is 17.8 Å². The molecule has 1 amide bonds. The fourth-order valence-corrected chi connectivity index (χ4v) is 3.44. The second-order valence-corrected chi connectivity index (χ2v) is 7.43. The van der Waals surface area contributed by atoms with Crippen LogP contribution in [-0.2, 0) is 18.0 Å². The van der Waals surface area contributed by atoms with Crippen molar-refractivity contribution in [2.45, 2.75) is 26.1 Å². The third kappa shape index (κ3) is 5.32. The monoisotopic (exact) mass is 447 g/mol. The van der Waals surface area contributed by atoms with Gasteiger partial charge in [-0.25, -0.2) is 14.1 Å². The number of aliphatic carboxylic acids is 1. The number of benzene rings is 2. The second-order valence-electron chi connectivity index (χ2n) is 7.43. The third-order valence-corrected chi connectivity index (χ3v) is 5.05. The van der Waals surface area contributed by atoms with Gasteiger partial charge in [0.15, 0.2) is 6.80 Å². The van der Waals surface area contributed by atoms with Gasteiger partial charge in [0, 0.05) is 35.6 Å². The predicted molar refractivity (Wildman–Crippen MR) is 121 cm³/mol. The first-order valence-electron chi connectivity index (χ1n) is 10.4. The highest BCUT2D eigenvalue weighted by atomic mass is 19.1. The number of para-hydroxylation sites is 1. The van der Waals surface area contributed by atoms with Crippen molar-refractivity contribution in [3.63, 3.8) is 0 Å². The van der Waals surface area contributed by atoms with E-state index in [4.69, 9.17) is 5.11 Å². The van der Waals surface area contributed by atoms with Gasteiger partial charge in [0.25, 0.3) is 5.91 Å². The molecule has 0 spiro atoms. The lowest BCUT2D eigenvalue weighted by molar-refractivity contribution is -0.137. The number of carboxylic acids is 1. The van der Waals surface area contributed by atoms with Crippen molar-refractivity contribution in [1.82, 2.24) is 19.3 Å². The minimum atomic E-state index is -0.858. The van der Waals surface area contributed by atoms with Gasteiger partial charge in [-0.05, 0) is 42.7 Å². The molecule has 0 unspecified atom stereocenters. The van der Waals surface area contributed by atoms with Gasteiger partial charge in [0.05, 0.1) is 11.9 Å². The predicted octanol–water partition coefficient (Wildman–Crippen LogP) is 4.32. The lowest BCUT2D eigenvalue weighted by Crippen LogP contribution is -2.15. The van der Waals surface area contributed by atoms with Crippen LogP contribution in [0, 0.1) is 0 Å². The number of hydrogen-bond acceptors (Lipinski definition) is 4. The zero-order valence-electron chi connectivity index (χ0n) is 17.7. The summed E-state index contributed by atoms with van der Waals surface area (Å²) in [5.74, 6) is -0.871. The van der Waals surface area contributed by atoms with Crippen LogP contribution < -0.4 is 5.32 Å². The summed E-state index contributed by atoms with van der Waals surface area (Å²) >= 11 is 0. The van der Waals surface area contributed by atoms with E-state index in [2.05, 4.69) is 15.4 Å². The highest BCUT2D eigenvalue weighted by molar-refractivity contribution is 6.04. The third-order valence-electron chi connectivity index (χ3n) is 5.05. The van der Waals surface area contributed by atoms with Gasteiger partial charge in [-0.1, -0.05) is 30.3 Å². The van der Waals surface area contributed by atoms with Crippen LogP contribution in [0.15, 0.2) is 73.2 Å². The Labute approximate surface area is 189 Å². The largest absolute Gasteiger partial charge is 0.481 e. The Morgan fingerprint density at radius 3 is 2.58 bits per heavy atom. The number of alkyl halides is 1. The van der Waals surface area contributed by atoms with E-state index in [0.29, 0.717) is 35.6 Å². The van der Waals surface area contributed by atoms with Gasteiger partial charge in [0.1, 0.15) is 0 Å². The molecule has 2 N–H and O–H groups in total. The zero-order chi connectivity index (χ0) is 23.2. The van der Waals surface area contributed by atoms with Gasteiger partial charge in [-0.3, -0.25) is 19.5 Å². The van der Waals surface area contributed by atoms with Crippen LogP contribution in [-0.4, -0.2) is 36.3 Å². The number of aromatic nitrogens is 4. The number of imidazole rings is 1. The number of nitrogens with zero attached hydrogens (tertiary/aromatic N) is 4. The molecular weight excluding hydrogens is 425 g/mol. The number of rotatable bonds is 9. The second kappa shape index (κ2) is 9.90. The van der Waals surface area contributed by atoms with Crippen LogP contribution in [0.3, 0.4) is 0 Å².